The highest BCUT2D eigenvalue weighted by molar-refractivity contribution is 7.88. The van der Waals surface area contributed by atoms with Crippen LogP contribution < -0.4 is 10.3 Å². The molecule has 35 heavy (non-hydrogen) atoms. The Labute approximate surface area is 214 Å². The third kappa shape index (κ3) is 5.41. The van der Waals surface area contributed by atoms with E-state index in [0.29, 0.717) is 55.1 Å². The van der Waals surface area contributed by atoms with Crippen LogP contribution in [0, 0.1) is 5.92 Å². The molecule has 3 aromatic heterocycles. The number of halogens is 1. The summed E-state index contributed by atoms with van der Waals surface area (Å²) in [6, 6.07) is 5.74. The standard InChI is InChI=1S/C24H29ClN4O4S2/c1-15-11-29(35(3,31)32)7-6-28(15)12-18-10-19-23(34-18)20(13-27(2)24(19)30)17-8-21(25)26-22(9-17)33-14-16-4-5-16/h8-10,13,15-16H,4-7,11-12,14H2,1-3H3/t15-/m1/s1. The van der Waals surface area contributed by atoms with Gasteiger partial charge in [-0.05, 0) is 43.4 Å². The van der Waals surface area contributed by atoms with Crippen molar-refractivity contribution in [3.8, 4) is 17.0 Å². The zero-order valence-electron chi connectivity index (χ0n) is 20.0. The molecule has 1 aliphatic carbocycles. The van der Waals surface area contributed by atoms with Crippen molar-refractivity contribution in [2.24, 2.45) is 13.0 Å². The van der Waals surface area contributed by atoms with Crippen LogP contribution in [0.3, 0.4) is 0 Å². The van der Waals surface area contributed by atoms with Gasteiger partial charge in [0.15, 0.2) is 0 Å². The monoisotopic (exact) mass is 536 g/mol. The maximum atomic E-state index is 13.0. The van der Waals surface area contributed by atoms with E-state index in [2.05, 4.69) is 9.88 Å². The molecule has 188 valence electrons. The number of ether oxygens (including phenoxy) is 1. The van der Waals surface area contributed by atoms with Crippen LogP contribution in [0.1, 0.15) is 24.6 Å². The van der Waals surface area contributed by atoms with Crippen molar-refractivity contribution in [3.63, 3.8) is 0 Å². The average molecular weight is 537 g/mol. The Balaban J connectivity index is 1.46. The fourth-order valence-electron chi connectivity index (χ4n) is 4.47. The quantitative estimate of drug-likeness (QED) is 0.429. The number of rotatable bonds is 7. The Bertz CT molecular complexity index is 1430. The van der Waals surface area contributed by atoms with Gasteiger partial charge >= 0.3 is 0 Å². The molecule has 2 aliphatic rings. The number of hydrogen-bond donors (Lipinski definition) is 0. The predicted octanol–water partition coefficient (Wildman–Crippen LogP) is 3.57. The van der Waals surface area contributed by atoms with Gasteiger partial charge in [0, 0.05) is 66.7 Å². The van der Waals surface area contributed by atoms with Gasteiger partial charge in [-0.1, -0.05) is 11.6 Å². The molecular weight excluding hydrogens is 508 g/mol. The maximum absolute atomic E-state index is 13.0. The smallest absolute Gasteiger partial charge is 0.259 e. The lowest BCUT2D eigenvalue weighted by atomic mass is 10.1. The van der Waals surface area contributed by atoms with Gasteiger partial charge in [0.1, 0.15) is 5.15 Å². The Kier molecular flexibility index (Phi) is 6.69. The van der Waals surface area contributed by atoms with Gasteiger partial charge in [-0.25, -0.2) is 13.4 Å². The topological polar surface area (TPSA) is 84.7 Å². The van der Waals surface area contributed by atoms with Crippen LogP contribution in [-0.4, -0.2) is 65.7 Å². The molecule has 0 bridgehead atoms. The van der Waals surface area contributed by atoms with E-state index < -0.39 is 10.0 Å². The van der Waals surface area contributed by atoms with Gasteiger partial charge in [-0.15, -0.1) is 11.3 Å². The SMILES string of the molecule is C[C@@H]1CN(S(C)(=O)=O)CCN1Cc1cc2c(=O)n(C)cc(-c3cc(Cl)nc(OCC4CC4)c3)c2s1. The van der Waals surface area contributed by atoms with Crippen LogP contribution in [0.5, 0.6) is 5.88 Å². The molecule has 0 aromatic carbocycles. The summed E-state index contributed by atoms with van der Waals surface area (Å²) in [6.07, 6.45) is 5.48. The summed E-state index contributed by atoms with van der Waals surface area (Å²) in [5.41, 5.74) is 1.72. The summed E-state index contributed by atoms with van der Waals surface area (Å²) in [7, 11) is -1.44. The minimum atomic E-state index is -3.20. The molecule has 1 aliphatic heterocycles. The third-order valence-corrected chi connectivity index (χ3v) is 9.32. The van der Waals surface area contributed by atoms with Gasteiger partial charge < -0.3 is 9.30 Å². The highest BCUT2D eigenvalue weighted by Crippen LogP contribution is 2.36. The number of piperazine rings is 1. The molecule has 1 saturated heterocycles. The first kappa shape index (κ1) is 24.7. The number of pyridine rings is 2. The summed E-state index contributed by atoms with van der Waals surface area (Å²) in [5.74, 6) is 1.10. The Morgan fingerprint density at radius 1 is 1.23 bits per heavy atom. The zero-order valence-corrected chi connectivity index (χ0v) is 22.4. The molecular formula is C24H29ClN4O4S2. The molecule has 1 atom stereocenters. The summed E-state index contributed by atoms with van der Waals surface area (Å²) in [6.45, 7) is 4.93. The molecule has 0 spiro atoms. The molecule has 0 unspecified atom stereocenters. The summed E-state index contributed by atoms with van der Waals surface area (Å²) in [5, 5.41) is 1.02. The second-order valence-corrected chi connectivity index (χ2v) is 13.1. The lowest BCUT2D eigenvalue weighted by Gasteiger charge is -2.38. The van der Waals surface area contributed by atoms with Gasteiger partial charge in [-0.3, -0.25) is 9.69 Å². The number of hydrogen-bond acceptors (Lipinski definition) is 7. The van der Waals surface area contributed by atoms with Crippen molar-refractivity contribution in [3.05, 3.63) is 44.8 Å². The van der Waals surface area contributed by atoms with Gasteiger partial charge in [0.2, 0.25) is 15.9 Å². The zero-order chi connectivity index (χ0) is 24.9. The molecule has 1 saturated carbocycles. The predicted molar refractivity (Wildman–Crippen MR) is 140 cm³/mol. The van der Waals surface area contributed by atoms with Crippen LogP contribution in [-0.2, 0) is 23.6 Å². The van der Waals surface area contributed by atoms with E-state index in [1.165, 1.54) is 23.4 Å². The van der Waals surface area contributed by atoms with Crippen molar-refractivity contribution in [2.45, 2.75) is 32.4 Å². The number of sulfonamides is 1. The molecule has 3 aromatic rings. The lowest BCUT2D eigenvalue weighted by Crippen LogP contribution is -2.52. The summed E-state index contributed by atoms with van der Waals surface area (Å²) in [4.78, 5) is 20.6. The van der Waals surface area contributed by atoms with Crippen LogP contribution in [0.15, 0.2) is 29.2 Å². The highest BCUT2D eigenvalue weighted by atomic mass is 35.5. The van der Waals surface area contributed by atoms with Crippen LogP contribution in [0.4, 0.5) is 0 Å². The van der Waals surface area contributed by atoms with Crippen LogP contribution in [0.2, 0.25) is 5.15 Å². The first-order valence-electron chi connectivity index (χ1n) is 11.7. The minimum absolute atomic E-state index is 0.0495. The second-order valence-electron chi connectivity index (χ2n) is 9.63. The number of aryl methyl sites for hydroxylation is 1. The van der Waals surface area contributed by atoms with Gasteiger partial charge in [-0.2, -0.15) is 4.31 Å². The molecule has 8 nitrogen and oxygen atoms in total. The normalized spacial score (nSPS) is 19.9. The highest BCUT2D eigenvalue weighted by Gasteiger charge is 2.29. The minimum Gasteiger partial charge on any atom is -0.477 e. The molecule has 0 N–H and O–H groups in total. The van der Waals surface area contributed by atoms with Crippen LogP contribution in [0.25, 0.3) is 21.2 Å². The van der Waals surface area contributed by atoms with E-state index in [-0.39, 0.29) is 11.6 Å². The van der Waals surface area contributed by atoms with E-state index in [1.807, 2.05) is 25.3 Å². The van der Waals surface area contributed by atoms with Crippen molar-refractivity contribution >= 4 is 43.0 Å². The summed E-state index contributed by atoms with van der Waals surface area (Å²) >= 11 is 7.93. The van der Waals surface area contributed by atoms with E-state index >= 15 is 0 Å². The van der Waals surface area contributed by atoms with Crippen LogP contribution >= 0.6 is 22.9 Å². The second kappa shape index (κ2) is 9.48. The maximum Gasteiger partial charge on any atom is 0.259 e. The molecule has 11 heteroatoms. The average Bonchev–Trinajstić information content (AvgIpc) is 3.53. The van der Waals surface area contributed by atoms with Crippen molar-refractivity contribution < 1.29 is 13.2 Å². The van der Waals surface area contributed by atoms with Crippen molar-refractivity contribution in [1.29, 1.82) is 0 Å². The molecule has 2 fully saturated rings. The third-order valence-electron chi connectivity index (χ3n) is 6.70. The lowest BCUT2D eigenvalue weighted by molar-refractivity contribution is 0.123. The fourth-order valence-corrected chi connectivity index (χ4v) is 6.78. The Morgan fingerprint density at radius 3 is 2.69 bits per heavy atom. The summed E-state index contributed by atoms with van der Waals surface area (Å²) < 4.78 is 33.8. The Morgan fingerprint density at radius 2 is 2.00 bits per heavy atom. The number of nitrogens with zero attached hydrogens (tertiary/aromatic N) is 4. The number of fused-ring (bicyclic) bond motifs is 1. The van der Waals surface area contributed by atoms with E-state index in [0.717, 1.165) is 20.7 Å². The van der Waals surface area contributed by atoms with E-state index in [1.54, 1.807) is 29.0 Å². The van der Waals surface area contributed by atoms with Crippen molar-refractivity contribution in [2.75, 3.05) is 32.5 Å². The molecule has 0 radical (unpaired) electrons. The van der Waals surface area contributed by atoms with E-state index in [9.17, 15) is 13.2 Å². The molecule has 0 amide bonds. The fraction of sp³-hybridized carbons (Fsp3) is 0.500. The van der Waals surface area contributed by atoms with Gasteiger partial charge in [0.05, 0.1) is 18.2 Å². The molecule has 5 rings (SSSR count). The van der Waals surface area contributed by atoms with E-state index in [4.69, 9.17) is 16.3 Å². The Hall–Kier alpha value is -1.98. The number of aromatic nitrogens is 2. The number of thiophene rings is 1. The first-order chi connectivity index (χ1) is 16.6. The van der Waals surface area contributed by atoms with Gasteiger partial charge in [0.25, 0.3) is 5.56 Å². The molecule has 4 heterocycles. The van der Waals surface area contributed by atoms with Crippen molar-refractivity contribution in [1.82, 2.24) is 18.8 Å². The first-order valence-corrected chi connectivity index (χ1v) is 14.7. The largest absolute Gasteiger partial charge is 0.477 e.